The molecule has 0 saturated carbocycles. The molecule has 0 amide bonds. The minimum Gasteiger partial charge on any atom is -0.309 e. The molecule has 0 aliphatic rings. The molecule has 0 aromatic heterocycles. The second kappa shape index (κ2) is 8.34. The first-order valence-corrected chi connectivity index (χ1v) is 7.38. The van der Waals surface area contributed by atoms with Gasteiger partial charge in [-0.1, -0.05) is 38.1 Å². The molecule has 0 unspecified atom stereocenters. The Morgan fingerprint density at radius 1 is 0.842 bits per heavy atom. The zero-order valence-corrected chi connectivity index (χ0v) is 13.3. The van der Waals surface area contributed by atoms with Crippen LogP contribution in [-0.2, 0) is 12.8 Å². The molecule has 0 radical (unpaired) electrons. The summed E-state index contributed by atoms with van der Waals surface area (Å²) in [4.78, 5) is 4.65. The first kappa shape index (κ1) is 16.2. The van der Waals surface area contributed by atoms with Gasteiger partial charge in [0.2, 0.25) is 0 Å². The third-order valence-electron chi connectivity index (χ3n) is 3.33. The lowest BCUT2D eigenvalue weighted by Crippen LogP contribution is -2.25. The molecule has 0 N–H and O–H groups in total. The number of hydrogen-bond acceptors (Lipinski definition) is 2. The van der Waals surface area contributed by atoms with Crippen LogP contribution in [0.3, 0.4) is 0 Å². The minimum atomic E-state index is 0.749. The second-order valence-corrected chi connectivity index (χ2v) is 6.28. The maximum Gasteiger partial charge on any atom is 0.00189 e. The molecule has 2 heteroatoms. The molecule has 0 fully saturated rings. The highest BCUT2D eigenvalue weighted by Gasteiger charge is 2.02. The minimum absolute atomic E-state index is 0.749. The van der Waals surface area contributed by atoms with Crippen molar-refractivity contribution in [3.8, 4) is 0 Å². The zero-order valence-electron chi connectivity index (χ0n) is 13.3. The maximum atomic E-state index is 2.42. The van der Waals surface area contributed by atoms with E-state index in [1.807, 2.05) is 0 Å². The van der Waals surface area contributed by atoms with Crippen LogP contribution in [0.5, 0.6) is 0 Å². The number of hydrogen-bond donors (Lipinski definition) is 0. The fraction of sp³-hybridized carbons (Fsp3) is 0.647. The average molecular weight is 262 g/mol. The third kappa shape index (κ3) is 7.34. The molecule has 0 atom stereocenters. The van der Waals surface area contributed by atoms with Crippen molar-refractivity contribution in [3.05, 3.63) is 35.4 Å². The van der Waals surface area contributed by atoms with Crippen LogP contribution >= 0.6 is 0 Å². The fourth-order valence-electron chi connectivity index (χ4n) is 2.26. The van der Waals surface area contributed by atoms with E-state index >= 15 is 0 Å². The summed E-state index contributed by atoms with van der Waals surface area (Å²) in [5, 5.41) is 0. The van der Waals surface area contributed by atoms with Crippen LogP contribution in [0.1, 0.15) is 25.0 Å². The van der Waals surface area contributed by atoms with Crippen molar-refractivity contribution in [2.24, 2.45) is 5.92 Å². The summed E-state index contributed by atoms with van der Waals surface area (Å²) in [5.41, 5.74) is 2.89. The largest absolute Gasteiger partial charge is 0.309 e. The lowest BCUT2D eigenvalue weighted by atomic mass is 10.1. The summed E-state index contributed by atoms with van der Waals surface area (Å²) in [6.07, 6.45) is 2.29. The normalized spacial score (nSPS) is 11.8. The molecule has 0 aliphatic heterocycles. The predicted molar refractivity (Wildman–Crippen MR) is 84.7 cm³/mol. The smallest absolute Gasteiger partial charge is 0.00189 e. The number of likely N-dealkylation sites (N-methyl/N-ethyl adjacent to an activating group) is 2. The van der Waals surface area contributed by atoms with E-state index in [2.05, 4.69) is 69.1 Å². The Balaban J connectivity index is 2.35. The van der Waals surface area contributed by atoms with E-state index in [1.165, 1.54) is 17.7 Å². The highest BCUT2D eigenvalue weighted by molar-refractivity contribution is 5.23. The number of benzene rings is 1. The van der Waals surface area contributed by atoms with Crippen LogP contribution in [0.4, 0.5) is 0 Å². The van der Waals surface area contributed by atoms with Gasteiger partial charge in [0, 0.05) is 19.6 Å². The Morgan fingerprint density at radius 3 is 1.74 bits per heavy atom. The Bertz CT molecular complexity index is 341. The Kier molecular flexibility index (Phi) is 7.11. The highest BCUT2D eigenvalue weighted by Crippen LogP contribution is 2.07. The Hall–Kier alpha value is -0.860. The summed E-state index contributed by atoms with van der Waals surface area (Å²) in [5.74, 6) is 0.749. The fourth-order valence-corrected chi connectivity index (χ4v) is 2.26. The van der Waals surface area contributed by atoms with Gasteiger partial charge in [-0.3, -0.25) is 0 Å². The summed E-state index contributed by atoms with van der Waals surface area (Å²) in [6.45, 7) is 8.00. The van der Waals surface area contributed by atoms with Crippen molar-refractivity contribution >= 4 is 0 Å². The second-order valence-electron chi connectivity index (χ2n) is 6.28. The standard InChI is InChI=1S/C17H30N2/c1-15(2)14-19(5)13-11-17-8-6-16(7-9-17)10-12-18(3)4/h6-9,15H,10-14H2,1-5H3. The van der Waals surface area contributed by atoms with Gasteiger partial charge < -0.3 is 9.80 Å². The van der Waals surface area contributed by atoms with Gasteiger partial charge in [-0.05, 0) is 51.0 Å². The molecule has 1 aromatic carbocycles. The van der Waals surface area contributed by atoms with Gasteiger partial charge in [0.15, 0.2) is 0 Å². The van der Waals surface area contributed by atoms with Crippen LogP contribution in [-0.4, -0.2) is 50.6 Å². The van der Waals surface area contributed by atoms with E-state index in [4.69, 9.17) is 0 Å². The van der Waals surface area contributed by atoms with Crippen molar-refractivity contribution in [1.82, 2.24) is 9.80 Å². The summed E-state index contributed by atoms with van der Waals surface area (Å²) in [7, 11) is 6.46. The molecular formula is C17H30N2. The molecule has 0 heterocycles. The van der Waals surface area contributed by atoms with E-state index in [0.29, 0.717) is 0 Å². The summed E-state index contributed by atoms with van der Waals surface area (Å²) in [6, 6.07) is 9.13. The zero-order chi connectivity index (χ0) is 14.3. The Morgan fingerprint density at radius 2 is 1.32 bits per heavy atom. The molecule has 0 spiro atoms. The topological polar surface area (TPSA) is 6.48 Å². The van der Waals surface area contributed by atoms with Gasteiger partial charge in [0.1, 0.15) is 0 Å². The van der Waals surface area contributed by atoms with Crippen molar-refractivity contribution in [3.63, 3.8) is 0 Å². The molecule has 108 valence electrons. The average Bonchev–Trinajstić information content (AvgIpc) is 2.34. The monoisotopic (exact) mass is 262 g/mol. The van der Waals surface area contributed by atoms with Crippen LogP contribution < -0.4 is 0 Å². The number of rotatable bonds is 8. The van der Waals surface area contributed by atoms with E-state index in [-0.39, 0.29) is 0 Å². The molecule has 0 aliphatic carbocycles. The van der Waals surface area contributed by atoms with E-state index < -0.39 is 0 Å². The SMILES string of the molecule is CC(C)CN(C)CCc1ccc(CCN(C)C)cc1. The molecule has 1 aromatic rings. The quantitative estimate of drug-likeness (QED) is 0.711. The third-order valence-corrected chi connectivity index (χ3v) is 3.33. The van der Waals surface area contributed by atoms with Crippen LogP contribution in [0.15, 0.2) is 24.3 Å². The van der Waals surface area contributed by atoms with Gasteiger partial charge in [-0.2, -0.15) is 0 Å². The lowest BCUT2D eigenvalue weighted by Gasteiger charge is -2.18. The highest BCUT2D eigenvalue weighted by atomic mass is 15.1. The molecular weight excluding hydrogens is 232 g/mol. The molecule has 19 heavy (non-hydrogen) atoms. The van der Waals surface area contributed by atoms with Crippen LogP contribution in [0.25, 0.3) is 0 Å². The van der Waals surface area contributed by atoms with Crippen molar-refractivity contribution in [1.29, 1.82) is 0 Å². The Labute approximate surface area is 119 Å². The van der Waals surface area contributed by atoms with Gasteiger partial charge >= 0.3 is 0 Å². The van der Waals surface area contributed by atoms with Gasteiger partial charge in [-0.15, -0.1) is 0 Å². The van der Waals surface area contributed by atoms with Gasteiger partial charge in [0.25, 0.3) is 0 Å². The summed E-state index contributed by atoms with van der Waals surface area (Å²) < 4.78 is 0. The lowest BCUT2D eigenvalue weighted by molar-refractivity contribution is 0.299. The van der Waals surface area contributed by atoms with E-state index in [9.17, 15) is 0 Å². The molecule has 0 bridgehead atoms. The molecule has 0 saturated heterocycles. The van der Waals surface area contributed by atoms with Gasteiger partial charge in [-0.25, -0.2) is 0 Å². The van der Waals surface area contributed by atoms with Crippen molar-refractivity contribution in [2.45, 2.75) is 26.7 Å². The van der Waals surface area contributed by atoms with E-state index in [0.717, 1.165) is 31.8 Å². The van der Waals surface area contributed by atoms with Crippen molar-refractivity contribution < 1.29 is 0 Å². The van der Waals surface area contributed by atoms with Crippen molar-refractivity contribution in [2.75, 3.05) is 40.8 Å². The molecule has 1 rings (SSSR count). The maximum absolute atomic E-state index is 2.42. The van der Waals surface area contributed by atoms with Crippen LogP contribution in [0.2, 0.25) is 0 Å². The summed E-state index contributed by atoms with van der Waals surface area (Å²) >= 11 is 0. The first-order valence-electron chi connectivity index (χ1n) is 7.38. The molecule has 2 nitrogen and oxygen atoms in total. The van der Waals surface area contributed by atoms with Gasteiger partial charge in [0.05, 0.1) is 0 Å². The van der Waals surface area contributed by atoms with Crippen LogP contribution in [0, 0.1) is 5.92 Å². The predicted octanol–water partition coefficient (Wildman–Crippen LogP) is 2.92. The van der Waals surface area contributed by atoms with E-state index in [1.54, 1.807) is 0 Å². The first-order chi connectivity index (χ1) is 8.97. The number of nitrogens with zero attached hydrogens (tertiary/aromatic N) is 2.